The van der Waals surface area contributed by atoms with E-state index in [1.54, 1.807) is 29.2 Å². The molecule has 0 fully saturated rings. The van der Waals surface area contributed by atoms with Crippen LogP contribution in [0.1, 0.15) is 26.5 Å². The van der Waals surface area contributed by atoms with Gasteiger partial charge in [-0.1, -0.05) is 12.1 Å². The Labute approximate surface area is 166 Å². The number of carbonyl (C=O) groups excluding carboxylic acids is 1. The molecule has 4 rings (SSSR count). The van der Waals surface area contributed by atoms with E-state index in [0.717, 1.165) is 29.0 Å². The lowest BCUT2D eigenvalue weighted by Gasteiger charge is -2.29. The van der Waals surface area contributed by atoms with E-state index in [0.29, 0.717) is 17.1 Å². The van der Waals surface area contributed by atoms with Gasteiger partial charge in [0.2, 0.25) is 0 Å². The monoisotopic (exact) mass is 418 g/mol. The summed E-state index contributed by atoms with van der Waals surface area (Å²) in [6.45, 7) is 2.50. The number of sulfonamides is 1. The second-order valence-corrected chi connectivity index (χ2v) is 10.5. The van der Waals surface area contributed by atoms with Gasteiger partial charge in [-0.3, -0.25) is 9.52 Å². The number of carbonyl (C=O) groups is 1. The van der Waals surface area contributed by atoms with Crippen molar-refractivity contribution in [3.8, 4) is 0 Å². The summed E-state index contributed by atoms with van der Waals surface area (Å²) in [6, 6.07) is 12.5. The van der Waals surface area contributed by atoms with Gasteiger partial charge in [0.05, 0.1) is 10.6 Å². The number of hydrogen-bond donors (Lipinski definition) is 1. The van der Waals surface area contributed by atoms with Gasteiger partial charge in [-0.25, -0.2) is 8.42 Å². The predicted octanol–water partition coefficient (Wildman–Crippen LogP) is 4.51. The first kappa shape index (κ1) is 18.2. The van der Waals surface area contributed by atoms with Gasteiger partial charge in [0.1, 0.15) is 4.21 Å². The van der Waals surface area contributed by atoms with Crippen LogP contribution in [0.2, 0.25) is 0 Å². The van der Waals surface area contributed by atoms with Gasteiger partial charge in [0.15, 0.2) is 0 Å². The van der Waals surface area contributed by atoms with Crippen LogP contribution in [0.3, 0.4) is 0 Å². The molecule has 0 spiro atoms. The van der Waals surface area contributed by atoms with Gasteiger partial charge in [-0.05, 0) is 61.0 Å². The third-order valence-corrected chi connectivity index (χ3v) is 8.15. The number of rotatable bonds is 4. The fourth-order valence-corrected chi connectivity index (χ4v) is 6.15. The van der Waals surface area contributed by atoms with Crippen molar-refractivity contribution >= 4 is 50.0 Å². The third kappa shape index (κ3) is 3.65. The average Bonchev–Trinajstić information content (AvgIpc) is 3.32. The molecule has 1 N–H and O–H groups in total. The smallest absolute Gasteiger partial charge is 0.271 e. The standard InChI is InChI=1S/C19H18N2O3S3/c1-13-6-9-18(26-13)27(23,24)20-15-8-7-14-4-2-10-21(16(14)12-15)19(22)17-5-3-11-25-17/h3,5-9,11-12,20H,2,4,10H2,1H3. The first-order valence-corrected chi connectivity index (χ1v) is 11.7. The Hall–Kier alpha value is -2.16. The minimum Gasteiger partial charge on any atom is -0.307 e. The molecule has 5 nitrogen and oxygen atoms in total. The molecule has 0 atom stereocenters. The number of nitrogens with zero attached hydrogens (tertiary/aromatic N) is 1. The van der Waals surface area contributed by atoms with E-state index < -0.39 is 10.0 Å². The highest BCUT2D eigenvalue weighted by Crippen LogP contribution is 2.33. The molecule has 1 aromatic carbocycles. The highest BCUT2D eigenvalue weighted by molar-refractivity contribution is 7.94. The molecule has 0 saturated carbocycles. The molecule has 0 unspecified atom stereocenters. The van der Waals surface area contributed by atoms with Crippen molar-refractivity contribution in [3.63, 3.8) is 0 Å². The van der Waals surface area contributed by atoms with Crippen molar-refractivity contribution < 1.29 is 13.2 Å². The van der Waals surface area contributed by atoms with E-state index in [9.17, 15) is 13.2 Å². The molecular formula is C19H18N2O3S3. The van der Waals surface area contributed by atoms with E-state index in [1.165, 1.54) is 22.7 Å². The summed E-state index contributed by atoms with van der Waals surface area (Å²) in [5.74, 6) is -0.0418. The maximum absolute atomic E-state index is 12.8. The fraction of sp³-hybridized carbons (Fsp3) is 0.211. The van der Waals surface area contributed by atoms with E-state index >= 15 is 0 Å². The first-order chi connectivity index (χ1) is 12.9. The zero-order chi connectivity index (χ0) is 19.0. The Kier molecular flexibility index (Phi) is 4.79. The van der Waals surface area contributed by atoms with Crippen LogP contribution in [0.4, 0.5) is 11.4 Å². The topological polar surface area (TPSA) is 66.5 Å². The maximum Gasteiger partial charge on any atom is 0.271 e. The van der Waals surface area contributed by atoms with Gasteiger partial charge in [-0.15, -0.1) is 22.7 Å². The summed E-state index contributed by atoms with van der Waals surface area (Å²) in [5, 5.41) is 1.88. The maximum atomic E-state index is 12.8. The number of fused-ring (bicyclic) bond motifs is 1. The van der Waals surface area contributed by atoms with E-state index in [4.69, 9.17) is 0 Å². The fourth-order valence-electron chi connectivity index (χ4n) is 3.14. The summed E-state index contributed by atoms with van der Waals surface area (Å²) in [6.07, 6.45) is 1.77. The number of benzene rings is 1. The average molecular weight is 419 g/mol. The van der Waals surface area contributed by atoms with E-state index in [2.05, 4.69) is 4.72 Å². The second-order valence-electron chi connectivity index (χ2n) is 6.35. The van der Waals surface area contributed by atoms with Crippen LogP contribution in [0.25, 0.3) is 0 Å². The van der Waals surface area contributed by atoms with Gasteiger partial charge >= 0.3 is 0 Å². The minimum atomic E-state index is -3.63. The summed E-state index contributed by atoms with van der Waals surface area (Å²) < 4.78 is 28.1. The molecule has 8 heteroatoms. The van der Waals surface area contributed by atoms with Gasteiger partial charge < -0.3 is 4.90 Å². The van der Waals surface area contributed by atoms with Crippen LogP contribution in [0.15, 0.2) is 52.1 Å². The van der Waals surface area contributed by atoms with Crippen molar-refractivity contribution in [1.82, 2.24) is 0 Å². The largest absolute Gasteiger partial charge is 0.307 e. The summed E-state index contributed by atoms with van der Waals surface area (Å²) in [4.78, 5) is 16.2. The summed E-state index contributed by atoms with van der Waals surface area (Å²) in [7, 11) is -3.63. The van der Waals surface area contributed by atoms with Crippen LogP contribution < -0.4 is 9.62 Å². The van der Waals surface area contributed by atoms with E-state index in [-0.39, 0.29) is 10.1 Å². The summed E-state index contributed by atoms with van der Waals surface area (Å²) in [5.41, 5.74) is 2.30. The van der Waals surface area contributed by atoms with Gasteiger partial charge in [0, 0.05) is 17.1 Å². The molecule has 0 radical (unpaired) electrons. The van der Waals surface area contributed by atoms with Crippen LogP contribution in [-0.2, 0) is 16.4 Å². The molecule has 2 aromatic heterocycles. The minimum absolute atomic E-state index is 0.0418. The Balaban J connectivity index is 1.66. The second kappa shape index (κ2) is 7.10. The summed E-state index contributed by atoms with van der Waals surface area (Å²) >= 11 is 2.64. The molecule has 140 valence electrons. The molecule has 0 bridgehead atoms. The Bertz CT molecular complexity index is 1090. The van der Waals surface area contributed by atoms with Crippen molar-refractivity contribution in [1.29, 1.82) is 0 Å². The molecule has 1 amide bonds. The quantitative estimate of drug-likeness (QED) is 0.678. The first-order valence-electron chi connectivity index (χ1n) is 8.51. The van der Waals surface area contributed by atoms with Crippen molar-refractivity contribution in [2.75, 3.05) is 16.2 Å². The molecule has 3 heterocycles. The Morgan fingerprint density at radius 3 is 2.74 bits per heavy atom. The third-order valence-electron chi connectivity index (χ3n) is 4.41. The molecular weight excluding hydrogens is 400 g/mol. The molecule has 3 aromatic rings. The number of hydrogen-bond acceptors (Lipinski definition) is 5. The van der Waals surface area contributed by atoms with Crippen molar-refractivity contribution in [3.05, 3.63) is 63.2 Å². The van der Waals surface area contributed by atoms with Gasteiger partial charge in [0.25, 0.3) is 15.9 Å². The van der Waals surface area contributed by atoms with Gasteiger partial charge in [-0.2, -0.15) is 0 Å². The lowest BCUT2D eigenvalue weighted by molar-refractivity contribution is 0.0989. The van der Waals surface area contributed by atoms with Crippen LogP contribution in [-0.4, -0.2) is 20.9 Å². The molecule has 1 aliphatic rings. The van der Waals surface area contributed by atoms with Crippen molar-refractivity contribution in [2.45, 2.75) is 24.0 Å². The Morgan fingerprint density at radius 1 is 1.19 bits per heavy atom. The molecule has 27 heavy (non-hydrogen) atoms. The normalized spacial score (nSPS) is 14.0. The number of thiophene rings is 2. The number of anilines is 2. The number of aryl methyl sites for hydroxylation is 2. The Morgan fingerprint density at radius 2 is 2.04 bits per heavy atom. The molecule has 0 saturated heterocycles. The number of amides is 1. The zero-order valence-corrected chi connectivity index (χ0v) is 17.1. The lowest BCUT2D eigenvalue weighted by Crippen LogP contribution is -2.35. The molecule has 1 aliphatic heterocycles. The van der Waals surface area contributed by atoms with E-state index in [1.807, 2.05) is 30.5 Å². The molecule has 0 aliphatic carbocycles. The van der Waals surface area contributed by atoms with Crippen LogP contribution in [0, 0.1) is 6.92 Å². The van der Waals surface area contributed by atoms with Crippen LogP contribution in [0.5, 0.6) is 0 Å². The highest BCUT2D eigenvalue weighted by atomic mass is 32.2. The number of nitrogens with one attached hydrogen (secondary N) is 1. The van der Waals surface area contributed by atoms with Crippen molar-refractivity contribution in [2.24, 2.45) is 0 Å². The highest BCUT2D eigenvalue weighted by Gasteiger charge is 2.25. The zero-order valence-electron chi connectivity index (χ0n) is 14.6. The van der Waals surface area contributed by atoms with Crippen LogP contribution >= 0.6 is 22.7 Å². The lowest BCUT2D eigenvalue weighted by atomic mass is 10.0. The SMILES string of the molecule is Cc1ccc(S(=O)(=O)Nc2ccc3c(c2)N(C(=O)c2cccs2)CCC3)s1. The predicted molar refractivity (Wildman–Crippen MR) is 111 cm³/mol.